The Labute approximate surface area is 141 Å². The van der Waals surface area contributed by atoms with Crippen LogP contribution in [0.2, 0.25) is 5.02 Å². The summed E-state index contributed by atoms with van der Waals surface area (Å²) < 4.78 is 0. The van der Waals surface area contributed by atoms with E-state index in [2.05, 4.69) is 5.32 Å². The molecule has 1 aromatic rings. The van der Waals surface area contributed by atoms with Gasteiger partial charge in [0, 0.05) is 23.8 Å². The molecule has 1 heterocycles. The first-order valence-electron chi connectivity index (χ1n) is 8.14. The number of benzene rings is 1. The molecule has 2 aliphatic rings. The fourth-order valence-electron chi connectivity index (χ4n) is 3.60. The first kappa shape index (κ1) is 16.3. The van der Waals surface area contributed by atoms with E-state index in [0.29, 0.717) is 24.5 Å². The van der Waals surface area contributed by atoms with E-state index in [1.165, 1.54) is 0 Å². The molecular weight excluding hydrogens is 314 g/mol. The average molecular weight is 336 g/mol. The van der Waals surface area contributed by atoms with Crippen LogP contribution in [-0.4, -0.2) is 30.4 Å². The summed E-state index contributed by atoms with van der Waals surface area (Å²) in [5, 5.41) is 3.64. The van der Waals surface area contributed by atoms with Crippen molar-refractivity contribution in [2.45, 2.75) is 37.6 Å². The summed E-state index contributed by atoms with van der Waals surface area (Å²) in [6.45, 7) is 0.963. The maximum Gasteiger partial charge on any atom is 0.239 e. The lowest BCUT2D eigenvalue weighted by molar-refractivity contribution is -0.133. The molecule has 124 valence electrons. The molecule has 2 amide bonds. The number of carbonyl (C=O) groups excluding carboxylic acids is 2. The molecule has 5 nitrogen and oxygen atoms in total. The van der Waals surface area contributed by atoms with Crippen LogP contribution in [0.4, 0.5) is 5.69 Å². The predicted molar refractivity (Wildman–Crippen MR) is 90.3 cm³/mol. The van der Waals surface area contributed by atoms with Crippen molar-refractivity contribution >= 4 is 29.1 Å². The third-order valence-corrected chi connectivity index (χ3v) is 5.22. The molecule has 1 unspecified atom stereocenters. The molecule has 1 saturated heterocycles. The van der Waals surface area contributed by atoms with Crippen molar-refractivity contribution in [3.63, 3.8) is 0 Å². The third-order valence-electron chi connectivity index (χ3n) is 4.98. The van der Waals surface area contributed by atoms with Gasteiger partial charge in [0.15, 0.2) is 0 Å². The molecule has 1 aromatic carbocycles. The zero-order valence-electron chi connectivity index (χ0n) is 13.1. The summed E-state index contributed by atoms with van der Waals surface area (Å²) in [4.78, 5) is 26.8. The number of nitrogens with zero attached hydrogens (tertiary/aromatic N) is 1. The van der Waals surface area contributed by atoms with Crippen LogP contribution < -0.4 is 16.0 Å². The SMILES string of the molecule is NCC1(NC(=O)C2CCN(c3cccc(Cl)c3)C2=O)CCCC1. The number of hydrogen-bond acceptors (Lipinski definition) is 3. The Morgan fingerprint density at radius 2 is 2.13 bits per heavy atom. The van der Waals surface area contributed by atoms with Crippen LogP contribution in [0.5, 0.6) is 0 Å². The van der Waals surface area contributed by atoms with Crippen molar-refractivity contribution in [1.29, 1.82) is 0 Å². The van der Waals surface area contributed by atoms with E-state index in [9.17, 15) is 9.59 Å². The van der Waals surface area contributed by atoms with Gasteiger partial charge < -0.3 is 16.0 Å². The van der Waals surface area contributed by atoms with E-state index in [4.69, 9.17) is 17.3 Å². The maximum atomic E-state index is 12.6. The summed E-state index contributed by atoms with van der Waals surface area (Å²) in [6, 6.07) is 7.15. The first-order valence-corrected chi connectivity index (χ1v) is 8.51. The van der Waals surface area contributed by atoms with Crippen molar-refractivity contribution < 1.29 is 9.59 Å². The van der Waals surface area contributed by atoms with Gasteiger partial charge in [-0.05, 0) is 37.5 Å². The van der Waals surface area contributed by atoms with E-state index in [-0.39, 0.29) is 17.4 Å². The van der Waals surface area contributed by atoms with Crippen molar-refractivity contribution in [1.82, 2.24) is 5.32 Å². The smallest absolute Gasteiger partial charge is 0.239 e. The second-order valence-corrected chi connectivity index (χ2v) is 6.93. The topological polar surface area (TPSA) is 75.4 Å². The molecule has 1 saturated carbocycles. The molecule has 1 aliphatic heterocycles. The number of amides is 2. The minimum absolute atomic E-state index is 0.157. The Balaban J connectivity index is 1.70. The minimum Gasteiger partial charge on any atom is -0.349 e. The molecule has 0 aromatic heterocycles. The Bertz CT molecular complexity index is 614. The standard InChI is InChI=1S/C17H22ClN3O2/c18-12-4-3-5-13(10-12)21-9-6-14(16(21)23)15(22)20-17(11-19)7-1-2-8-17/h3-5,10,14H,1-2,6-9,11,19H2,(H,20,22). The number of nitrogens with one attached hydrogen (secondary N) is 1. The maximum absolute atomic E-state index is 12.6. The molecular formula is C17H22ClN3O2. The van der Waals surface area contributed by atoms with Crippen LogP contribution in [0.1, 0.15) is 32.1 Å². The fourth-order valence-corrected chi connectivity index (χ4v) is 3.79. The molecule has 2 fully saturated rings. The van der Waals surface area contributed by atoms with Crippen molar-refractivity contribution in [3.8, 4) is 0 Å². The lowest BCUT2D eigenvalue weighted by atomic mass is 9.96. The lowest BCUT2D eigenvalue weighted by Crippen LogP contribution is -2.54. The number of nitrogens with two attached hydrogens (primary N) is 1. The zero-order chi connectivity index (χ0) is 16.4. The Morgan fingerprint density at radius 1 is 1.39 bits per heavy atom. The van der Waals surface area contributed by atoms with Crippen LogP contribution in [-0.2, 0) is 9.59 Å². The number of hydrogen-bond donors (Lipinski definition) is 2. The average Bonchev–Trinajstić information content (AvgIpc) is 3.14. The van der Waals surface area contributed by atoms with E-state index >= 15 is 0 Å². The fraction of sp³-hybridized carbons (Fsp3) is 0.529. The highest BCUT2D eigenvalue weighted by atomic mass is 35.5. The van der Waals surface area contributed by atoms with E-state index < -0.39 is 5.92 Å². The second kappa shape index (κ2) is 6.49. The Morgan fingerprint density at radius 3 is 2.78 bits per heavy atom. The molecule has 0 radical (unpaired) electrons. The quantitative estimate of drug-likeness (QED) is 0.827. The van der Waals surface area contributed by atoms with Gasteiger partial charge >= 0.3 is 0 Å². The van der Waals surface area contributed by atoms with Crippen LogP contribution in [0.25, 0.3) is 0 Å². The second-order valence-electron chi connectivity index (χ2n) is 6.49. The number of rotatable bonds is 4. The molecule has 3 N–H and O–H groups in total. The number of anilines is 1. The van der Waals surface area contributed by atoms with E-state index in [0.717, 1.165) is 31.4 Å². The van der Waals surface area contributed by atoms with Crippen molar-refractivity contribution in [3.05, 3.63) is 29.3 Å². The van der Waals surface area contributed by atoms with Gasteiger partial charge in [0.2, 0.25) is 11.8 Å². The Kier molecular flexibility index (Phi) is 4.60. The molecule has 3 rings (SSSR count). The van der Waals surface area contributed by atoms with Crippen LogP contribution >= 0.6 is 11.6 Å². The summed E-state index contributed by atoms with van der Waals surface area (Å²) >= 11 is 5.99. The van der Waals surface area contributed by atoms with Gasteiger partial charge in [0.1, 0.15) is 5.92 Å². The van der Waals surface area contributed by atoms with Crippen LogP contribution in [0.3, 0.4) is 0 Å². The van der Waals surface area contributed by atoms with Crippen LogP contribution in [0, 0.1) is 5.92 Å². The van der Waals surface area contributed by atoms with Gasteiger partial charge in [0.25, 0.3) is 0 Å². The van der Waals surface area contributed by atoms with Gasteiger partial charge in [-0.25, -0.2) is 0 Å². The number of halogens is 1. The highest BCUT2D eigenvalue weighted by molar-refractivity contribution is 6.31. The minimum atomic E-state index is -0.627. The van der Waals surface area contributed by atoms with Gasteiger partial charge in [-0.1, -0.05) is 30.5 Å². The summed E-state index contributed by atoms with van der Waals surface area (Å²) in [6.07, 6.45) is 4.47. The Hall–Kier alpha value is -1.59. The van der Waals surface area contributed by atoms with E-state index in [1.807, 2.05) is 6.07 Å². The highest BCUT2D eigenvalue weighted by Crippen LogP contribution is 2.31. The van der Waals surface area contributed by atoms with Gasteiger partial charge in [-0.3, -0.25) is 9.59 Å². The third kappa shape index (κ3) is 3.21. The molecule has 0 spiro atoms. The van der Waals surface area contributed by atoms with E-state index in [1.54, 1.807) is 23.1 Å². The van der Waals surface area contributed by atoms with Gasteiger partial charge in [-0.2, -0.15) is 0 Å². The van der Waals surface area contributed by atoms with Crippen molar-refractivity contribution in [2.75, 3.05) is 18.0 Å². The molecule has 1 aliphatic carbocycles. The lowest BCUT2D eigenvalue weighted by Gasteiger charge is -2.29. The zero-order valence-corrected chi connectivity index (χ0v) is 13.8. The molecule has 1 atom stereocenters. The molecule has 23 heavy (non-hydrogen) atoms. The number of carbonyl (C=O) groups is 2. The highest BCUT2D eigenvalue weighted by Gasteiger charge is 2.41. The summed E-state index contributed by atoms with van der Waals surface area (Å²) in [5.41, 5.74) is 6.28. The summed E-state index contributed by atoms with van der Waals surface area (Å²) in [5.74, 6) is -0.972. The largest absolute Gasteiger partial charge is 0.349 e. The van der Waals surface area contributed by atoms with Crippen LogP contribution in [0.15, 0.2) is 24.3 Å². The predicted octanol–water partition coefficient (Wildman–Crippen LogP) is 2.08. The first-order chi connectivity index (χ1) is 11.0. The summed E-state index contributed by atoms with van der Waals surface area (Å²) in [7, 11) is 0. The normalized spacial score (nSPS) is 23.3. The molecule has 0 bridgehead atoms. The van der Waals surface area contributed by atoms with Gasteiger partial charge in [0.05, 0.1) is 5.54 Å². The van der Waals surface area contributed by atoms with Gasteiger partial charge in [-0.15, -0.1) is 0 Å². The molecule has 6 heteroatoms. The monoisotopic (exact) mass is 335 g/mol. The van der Waals surface area contributed by atoms with Crippen molar-refractivity contribution in [2.24, 2.45) is 11.7 Å².